The molecule has 0 spiro atoms. The van der Waals surface area contributed by atoms with Crippen molar-refractivity contribution in [3.05, 3.63) is 52.0 Å². The molecule has 0 saturated heterocycles. The summed E-state index contributed by atoms with van der Waals surface area (Å²) in [4.78, 5) is 5.63. The van der Waals surface area contributed by atoms with Crippen LogP contribution in [0.1, 0.15) is 18.4 Å². The molecule has 1 heterocycles. The second kappa shape index (κ2) is 7.69. The van der Waals surface area contributed by atoms with Crippen LogP contribution in [0, 0.1) is 0 Å². The Morgan fingerprint density at radius 3 is 2.60 bits per heavy atom. The van der Waals surface area contributed by atoms with Crippen molar-refractivity contribution < 1.29 is 0 Å². The molecular formula is C20H23Cl2N3. The molecule has 1 aromatic heterocycles. The quantitative estimate of drug-likeness (QED) is 0.559. The summed E-state index contributed by atoms with van der Waals surface area (Å²) >= 11 is 12.7. The van der Waals surface area contributed by atoms with E-state index in [-0.39, 0.29) is 0 Å². The van der Waals surface area contributed by atoms with Crippen LogP contribution in [0.5, 0.6) is 0 Å². The van der Waals surface area contributed by atoms with E-state index < -0.39 is 0 Å². The third-order valence-corrected chi connectivity index (χ3v) is 4.98. The van der Waals surface area contributed by atoms with E-state index >= 15 is 0 Å². The molecule has 3 rings (SSSR count). The minimum Gasteiger partial charge on any atom is -0.378 e. The highest BCUT2D eigenvalue weighted by molar-refractivity contribution is 6.38. The summed E-state index contributed by atoms with van der Waals surface area (Å²) in [6, 6.07) is 12.3. The highest BCUT2D eigenvalue weighted by atomic mass is 35.5. The van der Waals surface area contributed by atoms with Crippen LogP contribution >= 0.6 is 23.2 Å². The van der Waals surface area contributed by atoms with E-state index in [0.29, 0.717) is 16.6 Å². The van der Waals surface area contributed by atoms with E-state index in [9.17, 15) is 0 Å². The van der Waals surface area contributed by atoms with Crippen LogP contribution in [0.15, 0.2) is 36.4 Å². The molecule has 0 aliphatic carbocycles. The lowest BCUT2D eigenvalue weighted by Gasteiger charge is -2.14. The average molecular weight is 376 g/mol. The van der Waals surface area contributed by atoms with Gasteiger partial charge in [-0.1, -0.05) is 35.3 Å². The van der Waals surface area contributed by atoms with Crippen LogP contribution in [0.4, 0.5) is 5.69 Å². The number of nitrogens with zero attached hydrogens (tertiary/aromatic N) is 1. The van der Waals surface area contributed by atoms with Gasteiger partial charge in [-0.3, -0.25) is 0 Å². The van der Waals surface area contributed by atoms with E-state index in [1.54, 1.807) is 6.07 Å². The molecule has 3 nitrogen and oxygen atoms in total. The average Bonchev–Trinajstić information content (AvgIpc) is 2.94. The maximum absolute atomic E-state index is 6.43. The fourth-order valence-corrected chi connectivity index (χ4v) is 3.71. The first-order valence-corrected chi connectivity index (χ1v) is 9.24. The molecule has 0 radical (unpaired) electrons. The maximum atomic E-state index is 6.43. The van der Waals surface area contributed by atoms with E-state index in [1.165, 1.54) is 5.56 Å². The number of fused-ring (bicyclic) bond motifs is 1. The molecule has 25 heavy (non-hydrogen) atoms. The van der Waals surface area contributed by atoms with Gasteiger partial charge in [-0.2, -0.15) is 0 Å². The van der Waals surface area contributed by atoms with Crippen LogP contribution in [-0.4, -0.2) is 25.6 Å². The summed E-state index contributed by atoms with van der Waals surface area (Å²) in [6.45, 7) is 0.704. The number of aromatic nitrogens is 1. The van der Waals surface area contributed by atoms with Gasteiger partial charge in [-0.25, -0.2) is 0 Å². The summed E-state index contributed by atoms with van der Waals surface area (Å²) < 4.78 is 0. The first-order chi connectivity index (χ1) is 12.0. The second-order valence-electron chi connectivity index (χ2n) is 6.48. The Labute approximate surface area is 158 Å². The normalized spacial score (nSPS) is 11.2. The molecule has 0 saturated carbocycles. The Hall–Kier alpha value is -1.68. The van der Waals surface area contributed by atoms with Gasteiger partial charge in [-0.15, -0.1) is 0 Å². The topological polar surface area (TPSA) is 45.0 Å². The van der Waals surface area contributed by atoms with Crippen molar-refractivity contribution >= 4 is 39.8 Å². The van der Waals surface area contributed by atoms with Gasteiger partial charge in [0, 0.05) is 41.4 Å². The highest BCUT2D eigenvalue weighted by Gasteiger charge is 2.16. The van der Waals surface area contributed by atoms with Gasteiger partial charge in [0.15, 0.2) is 0 Å². The molecule has 132 valence electrons. The van der Waals surface area contributed by atoms with Gasteiger partial charge in [0.25, 0.3) is 0 Å². The summed E-state index contributed by atoms with van der Waals surface area (Å²) in [6.07, 6.45) is 2.97. The molecule has 0 amide bonds. The van der Waals surface area contributed by atoms with Gasteiger partial charge in [0.05, 0.1) is 10.5 Å². The fraction of sp³-hybridized carbons (Fsp3) is 0.300. The Morgan fingerprint density at radius 1 is 1.08 bits per heavy atom. The van der Waals surface area contributed by atoms with Gasteiger partial charge < -0.3 is 15.6 Å². The van der Waals surface area contributed by atoms with Crippen LogP contribution in [0.2, 0.25) is 10.0 Å². The molecule has 5 heteroatoms. The molecule has 3 aromatic rings. The number of nitrogens with two attached hydrogens (primary N) is 1. The van der Waals surface area contributed by atoms with Crippen molar-refractivity contribution in [3.63, 3.8) is 0 Å². The number of rotatable bonds is 6. The molecule has 2 aromatic carbocycles. The third kappa shape index (κ3) is 3.79. The molecule has 0 atom stereocenters. The smallest absolute Gasteiger partial charge is 0.0662 e. The van der Waals surface area contributed by atoms with Crippen molar-refractivity contribution in [2.45, 2.75) is 19.3 Å². The molecule has 0 bridgehead atoms. The fourth-order valence-electron chi connectivity index (χ4n) is 3.17. The number of anilines is 1. The molecule has 0 aliphatic heterocycles. The Balaban J connectivity index is 2.17. The van der Waals surface area contributed by atoms with Crippen molar-refractivity contribution in [2.75, 3.05) is 25.5 Å². The zero-order chi connectivity index (χ0) is 18.0. The first-order valence-electron chi connectivity index (χ1n) is 8.48. The molecule has 0 fully saturated rings. The number of aromatic amines is 1. The van der Waals surface area contributed by atoms with Crippen LogP contribution in [0.3, 0.4) is 0 Å². The van der Waals surface area contributed by atoms with Crippen molar-refractivity contribution in [3.8, 4) is 11.3 Å². The summed E-state index contributed by atoms with van der Waals surface area (Å²) in [5.41, 5.74) is 11.3. The predicted molar refractivity (Wildman–Crippen MR) is 110 cm³/mol. The van der Waals surface area contributed by atoms with E-state index in [0.717, 1.165) is 47.1 Å². The van der Waals surface area contributed by atoms with Crippen LogP contribution in [0.25, 0.3) is 22.2 Å². The lowest BCUT2D eigenvalue weighted by molar-refractivity contribution is 0.748. The standard InChI is InChI=1S/C20H23Cl2N3/c1-25(2)15-7-5-6-13(10-15)19-16(8-3-4-9-23)17-11-14(21)12-18(22)20(17)24-19/h5-7,10-12,24H,3-4,8-9,23H2,1-2H3. The number of halogens is 2. The summed E-state index contributed by atoms with van der Waals surface area (Å²) in [7, 11) is 4.09. The Kier molecular flexibility index (Phi) is 5.57. The zero-order valence-electron chi connectivity index (χ0n) is 14.6. The monoisotopic (exact) mass is 375 g/mol. The van der Waals surface area contributed by atoms with Crippen molar-refractivity contribution in [1.29, 1.82) is 0 Å². The lowest BCUT2D eigenvalue weighted by Crippen LogP contribution is -2.08. The Bertz CT molecular complexity index is 884. The summed E-state index contributed by atoms with van der Waals surface area (Å²) in [5.74, 6) is 0. The minimum atomic E-state index is 0.651. The van der Waals surface area contributed by atoms with Gasteiger partial charge in [0.1, 0.15) is 0 Å². The number of benzene rings is 2. The number of hydrogen-bond donors (Lipinski definition) is 2. The van der Waals surface area contributed by atoms with E-state index in [1.807, 2.05) is 20.2 Å². The van der Waals surface area contributed by atoms with E-state index in [2.05, 4.69) is 34.1 Å². The Morgan fingerprint density at radius 2 is 1.88 bits per heavy atom. The number of nitrogens with one attached hydrogen (secondary N) is 1. The van der Waals surface area contributed by atoms with Crippen molar-refractivity contribution in [1.82, 2.24) is 4.98 Å². The second-order valence-corrected chi connectivity index (χ2v) is 7.32. The number of H-pyrrole nitrogens is 1. The summed E-state index contributed by atoms with van der Waals surface area (Å²) in [5, 5.41) is 2.41. The van der Waals surface area contributed by atoms with Gasteiger partial charge in [0.2, 0.25) is 0 Å². The minimum absolute atomic E-state index is 0.651. The SMILES string of the molecule is CN(C)c1cccc(-c2[nH]c3c(Cl)cc(Cl)cc3c2CCCCN)c1. The molecule has 0 unspecified atom stereocenters. The van der Waals surface area contributed by atoms with Gasteiger partial charge >= 0.3 is 0 Å². The maximum Gasteiger partial charge on any atom is 0.0662 e. The number of hydrogen-bond acceptors (Lipinski definition) is 2. The highest BCUT2D eigenvalue weighted by Crippen LogP contribution is 2.37. The largest absolute Gasteiger partial charge is 0.378 e. The van der Waals surface area contributed by atoms with Crippen molar-refractivity contribution in [2.24, 2.45) is 5.73 Å². The molecule has 0 aliphatic rings. The number of unbranched alkanes of at least 4 members (excludes halogenated alkanes) is 1. The predicted octanol–water partition coefficient (Wildman–Crippen LogP) is 5.49. The van der Waals surface area contributed by atoms with Crippen LogP contribution in [-0.2, 0) is 6.42 Å². The molecule has 3 N–H and O–H groups in total. The number of aryl methyl sites for hydroxylation is 1. The first kappa shape index (κ1) is 18.1. The molecular weight excluding hydrogens is 353 g/mol. The van der Waals surface area contributed by atoms with Crippen LogP contribution < -0.4 is 10.6 Å². The third-order valence-electron chi connectivity index (χ3n) is 4.46. The zero-order valence-corrected chi connectivity index (χ0v) is 16.1. The lowest BCUT2D eigenvalue weighted by atomic mass is 10.00. The van der Waals surface area contributed by atoms with Gasteiger partial charge in [-0.05, 0) is 55.6 Å². The van der Waals surface area contributed by atoms with E-state index in [4.69, 9.17) is 28.9 Å².